The fourth-order valence-corrected chi connectivity index (χ4v) is 3.12. The lowest BCUT2D eigenvalue weighted by Gasteiger charge is -2.38. The van der Waals surface area contributed by atoms with Gasteiger partial charge in [-0.3, -0.25) is 4.79 Å². The molecule has 1 saturated heterocycles. The number of aliphatic carboxylic acids is 1. The molecular weight excluding hydrogens is 246 g/mol. The van der Waals surface area contributed by atoms with Crippen LogP contribution >= 0.6 is 0 Å². The number of hydrogen-bond donors (Lipinski definition) is 1. The highest BCUT2D eigenvalue weighted by Gasteiger charge is 2.50. The molecule has 2 rings (SSSR count). The number of likely N-dealkylation sites (tertiary alicyclic amines) is 1. The molecule has 0 aromatic rings. The molecule has 1 aliphatic carbocycles. The summed E-state index contributed by atoms with van der Waals surface area (Å²) in [4.78, 5) is 24.8. The molecule has 1 spiro atoms. The molecule has 1 N–H and O–H groups in total. The van der Waals surface area contributed by atoms with Crippen molar-refractivity contribution in [3.05, 3.63) is 0 Å². The fraction of sp³-hybridized carbons (Fsp3) is 0.857. The minimum atomic E-state index is -0.852. The van der Waals surface area contributed by atoms with Gasteiger partial charge in [0, 0.05) is 12.6 Å². The van der Waals surface area contributed by atoms with Crippen molar-refractivity contribution in [1.29, 1.82) is 0 Å². The summed E-state index contributed by atoms with van der Waals surface area (Å²) in [5.74, 6) is -0.852. The van der Waals surface area contributed by atoms with Gasteiger partial charge in [0.2, 0.25) is 0 Å². The second-order valence-corrected chi connectivity index (χ2v) is 6.92. The number of nitrogens with zero attached hydrogens (tertiary/aromatic N) is 1. The molecule has 1 atom stereocenters. The summed E-state index contributed by atoms with van der Waals surface area (Å²) in [6, 6.07) is -0.215. The predicted molar refractivity (Wildman–Crippen MR) is 69.9 cm³/mol. The van der Waals surface area contributed by atoms with Crippen molar-refractivity contribution in [2.24, 2.45) is 5.41 Å². The summed E-state index contributed by atoms with van der Waals surface area (Å²) < 4.78 is 5.39. The smallest absolute Gasteiger partial charge is 0.410 e. The molecule has 2 fully saturated rings. The van der Waals surface area contributed by atoms with Crippen molar-refractivity contribution in [3.63, 3.8) is 0 Å². The van der Waals surface area contributed by atoms with Crippen molar-refractivity contribution >= 4 is 12.1 Å². The van der Waals surface area contributed by atoms with Crippen LogP contribution in [0.2, 0.25) is 0 Å². The first kappa shape index (κ1) is 14.2. The minimum Gasteiger partial charge on any atom is -0.481 e. The van der Waals surface area contributed by atoms with Crippen LogP contribution in [-0.4, -0.2) is 40.3 Å². The Labute approximate surface area is 113 Å². The maximum atomic E-state index is 12.2. The van der Waals surface area contributed by atoms with Crippen LogP contribution in [0, 0.1) is 5.41 Å². The molecule has 0 aromatic heterocycles. The number of rotatable bonds is 2. The van der Waals surface area contributed by atoms with E-state index in [9.17, 15) is 9.59 Å². The third-order valence-electron chi connectivity index (χ3n) is 4.07. The molecule has 0 bridgehead atoms. The van der Waals surface area contributed by atoms with Gasteiger partial charge in [-0.1, -0.05) is 6.42 Å². The van der Waals surface area contributed by atoms with Crippen LogP contribution in [0.1, 0.15) is 52.9 Å². The van der Waals surface area contributed by atoms with Gasteiger partial charge in [0.15, 0.2) is 0 Å². The van der Waals surface area contributed by atoms with E-state index in [-0.39, 0.29) is 24.0 Å². The number of hydrogen-bond acceptors (Lipinski definition) is 3. The van der Waals surface area contributed by atoms with Gasteiger partial charge in [0.25, 0.3) is 0 Å². The Morgan fingerprint density at radius 3 is 2.42 bits per heavy atom. The minimum absolute atomic E-state index is 0.0149. The fourth-order valence-electron chi connectivity index (χ4n) is 3.12. The Balaban J connectivity index is 2.06. The third-order valence-corrected chi connectivity index (χ3v) is 4.07. The number of amides is 1. The molecule has 5 nitrogen and oxygen atoms in total. The molecule has 2 aliphatic rings. The molecule has 0 aromatic carbocycles. The Hall–Kier alpha value is -1.26. The third kappa shape index (κ3) is 3.19. The van der Waals surface area contributed by atoms with E-state index in [1.54, 1.807) is 4.90 Å². The van der Waals surface area contributed by atoms with Crippen molar-refractivity contribution in [2.75, 3.05) is 6.54 Å². The molecule has 1 aliphatic heterocycles. The highest BCUT2D eigenvalue weighted by molar-refractivity contribution is 5.72. The van der Waals surface area contributed by atoms with Crippen molar-refractivity contribution in [3.8, 4) is 0 Å². The monoisotopic (exact) mass is 269 g/mol. The van der Waals surface area contributed by atoms with E-state index in [2.05, 4.69) is 0 Å². The first-order chi connectivity index (χ1) is 8.71. The van der Waals surface area contributed by atoms with E-state index >= 15 is 0 Å². The van der Waals surface area contributed by atoms with Gasteiger partial charge in [-0.05, 0) is 45.4 Å². The first-order valence-electron chi connectivity index (χ1n) is 6.92. The largest absolute Gasteiger partial charge is 0.481 e. The van der Waals surface area contributed by atoms with Gasteiger partial charge in [-0.15, -0.1) is 0 Å². The van der Waals surface area contributed by atoms with Crippen LogP contribution in [0.25, 0.3) is 0 Å². The Morgan fingerprint density at radius 1 is 1.37 bits per heavy atom. The molecule has 1 unspecified atom stereocenters. The summed E-state index contributed by atoms with van der Waals surface area (Å²) in [7, 11) is 0. The van der Waals surface area contributed by atoms with Crippen LogP contribution < -0.4 is 0 Å². The Kier molecular flexibility index (Phi) is 3.49. The average molecular weight is 269 g/mol. The van der Waals surface area contributed by atoms with Gasteiger partial charge in [0.1, 0.15) is 5.60 Å². The molecule has 1 heterocycles. The number of carbonyl (C=O) groups is 2. The standard InChI is InChI=1S/C14H23NO4/c1-13(2,3)19-12(18)15-9-14(5-4-6-14)8-10(15)7-11(16)17/h10H,4-9H2,1-3H3,(H,16,17). The van der Waals surface area contributed by atoms with Crippen LogP contribution in [0.3, 0.4) is 0 Å². The highest BCUT2D eigenvalue weighted by Crippen LogP contribution is 2.51. The molecular formula is C14H23NO4. The second-order valence-electron chi connectivity index (χ2n) is 6.92. The lowest BCUT2D eigenvalue weighted by atomic mass is 9.67. The number of ether oxygens (including phenoxy) is 1. The maximum Gasteiger partial charge on any atom is 0.410 e. The normalized spacial score (nSPS) is 25.2. The van der Waals surface area contributed by atoms with Gasteiger partial charge in [0.05, 0.1) is 6.42 Å². The number of carboxylic acids is 1. The molecule has 1 amide bonds. The molecule has 19 heavy (non-hydrogen) atoms. The van der Waals surface area contributed by atoms with E-state index < -0.39 is 11.6 Å². The summed E-state index contributed by atoms with van der Waals surface area (Å²) in [6.45, 7) is 6.13. The lowest BCUT2D eigenvalue weighted by Crippen LogP contribution is -2.42. The first-order valence-corrected chi connectivity index (χ1v) is 6.92. The van der Waals surface area contributed by atoms with Crippen LogP contribution in [-0.2, 0) is 9.53 Å². The molecule has 0 radical (unpaired) electrons. The molecule has 1 saturated carbocycles. The zero-order chi connectivity index (χ0) is 14.3. The topological polar surface area (TPSA) is 66.8 Å². The lowest BCUT2D eigenvalue weighted by molar-refractivity contribution is -0.138. The van der Waals surface area contributed by atoms with Gasteiger partial charge in [-0.2, -0.15) is 0 Å². The Morgan fingerprint density at radius 2 is 2.00 bits per heavy atom. The summed E-state index contributed by atoms with van der Waals surface area (Å²) in [5.41, 5.74) is -0.378. The van der Waals surface area contributed by atoms with Crippen molar-refractivity contribution < 1.29 is 19.4 Å². The maximum absolute atomic E-state index is 12.2. The van der Waals surface area contributed by atoms with E-state index in [1.807, 2.05) is 20.8 Å². The van der Waals surface area contributed by atoms with E-state index in [4.69, 9.17) is 9.84 Å². The van der Waals surface area contributed by atoms with Gasteiger partial charge in [-0.25, -0.2) is 4.79 Å². The van der Waals surface area contributed by atoms with Crippen LogP contribution in [0.5, 0.6) is 0 Å². The van der Waals surface area contributed by atoms with Gasteiger partial charge >= 0.3 is 12.1 Å². The quantitative estimate of drug-likeness (QED) is 0.836. The summed E-state index contributed by atoms with van der Waals surface area (Å²) >= 11 is 0. The van der Waals surface area contributed by atoms with Crippen molar-refractivity contribution in [2.45, 2.75) is 64.5 Å². The molecule has 5 heteroatoms. The SMILES string of the molecule is CC(C)(C)OC(=O)N1CC2(CCC2)CC1CC(=O)O. The van der Waals surface area contributed by atoms with Gasteiger partial charge < -0.3 is 14.7 Å². The zero-order valence-corrected chi connectivity index (χ0v) is 11.9. The number of carboxylic acid groups (broad SMARTS) is 1. The van der Waals surface area contributed by atoms with Crippen molar-refractivity contribution in [1.82, 2.24) is 4.90 Å². The van der Waals surface area contributed by atoms with Crippen LogP contribution in [0.4, 0.5) is 4.79 Å². The predicted octanol–water partition coefficient (Wildman–Crippen LogP) is 2.64. The highest BCUT2D eigenvalue weighted by atomic mass is 16.6. The zero-order valence-electron chi connectivity index (χ0n) is 11.9. The Bertz CT molecular complexity index is 381. The van der Waals surface area contributed by atoms with Crippen LogP contribution in [0.15, 0.2) is 0 Å². The van der Waals surface area contributed by atoms with E-state index in [0.717, 1.165) is 19.3 Å². The average Bonchev–Trinajstić information content (AvgIpc) is 2.53. The molecule has 108 valence electrons. The van der Waals surface area contributed by atoms with E-state index in [0.29, 0.717) is 6.54 Å². The van der Waals surface area contributed by atoms with E-state index in [1.165, 1.54) is 6.42 Å². The summed E-state index contributed by atoms with van der Waals surface area (Å²) in [5, 5.41) is 8.99. The second kappa shape index (κ2) is 4.69. The number of carbonyl (C=O) groups excluding carboxylic acids is 1. The summed E-state index contributed by atoms with van der Waals surface area (Å²) in [6.07, 6.45) is 3.83.